The maximum absolute atomic E-state index is 12.6. The van der Waals surface area contributed by atoms with Gasteiger partial charge in [0.15, 0.2) is 11.5 Å². The highest BCUT2D eigenvalue weighted by atomic mass is 19.4. The van der Waals surface area contributed by atoms with Crippen molar-refractivity contribution in [2.75, 3.05) is 12.4 Å². The van der Waals surface area contributed by atoms with Gasteiger partial charge in [-0.25, -0.2) is 4.79 Å². The second-order valence-corrected chi connectivity index (χ2v) is 5.03. The molecule has 0 saturated carbocycles. The zero-order valence-electron chi connectivity index (χ0n) is 13.2. The number of hydrogen-bond acceptors (Lipinski definition) is 7. The van der Waals surface area contributed by atoms with Crippen LogP contribution in [0.3, 0.4) is 0 Å². The molecule has 7 nitrogen and oxygen atoms in total. The molecule has 0 aliphatic heterocycles. The average Bonchev–Trinajstić information content (AvgIpc) is 3.09. The van der Waals surface area contributed by atoms with Crippen molar-refractivity contribution in [2.24, 2.45) is 0 Å². The molecule has 134 valence electrons. The Hall–Kier alpha value is -3.43. The number of carbonyl (C=O) groups excluding carboxylic acids is 1. The van der Waals surface area contributed by atoms with E-state index in [1.807, 2.05) is 0 Å². The summed E-state index contributed by atoms with van der Waals surface area (Å²) in [5.41, 5.74) is 0.0993. The van der Waals surface area contributed by atoms with Crippen LogP contribution in [0.1, 0.15) is 16.1 Å². The topological polar surface area (TPSA) is 90.1 Å². The minimum absolute atomic E-state index is 0.0379. The number of alkyl halides is 3. The lowest BCUT2D eigenvalue weighted by atomic mass is 10.1. The number of oxazole rings is 1. The highest BCUT2D eigenvalue weighted by molar-refractivity contribution is 5.87. The van der Waals surface area contributed by atoms with E-state index in [4.69, 9.17) is 4.42 Å². The molecule has 3 rings (SSSR count). The van der Waals surface area contributed by atoms with Gasteiger partial charge in [-0.15, -0.1) is 10.2 Å². The molecule has 0 amide bonds. The van der Waals surface area contributed by atoms with Gasteiger partial charge in [0, 0.05) is 5.56 Å². The number of halogens is 3. The van der Waals surface area contributed by atoms with E-state index < -0.39 is 17.7 Å². The number of benzene rings is 1. The third-order valence-corrected chi connectivity index (χ3v) is 3.31. The summed E-state index contributed by atoms with van der Waals surface area (Å²) < 4.78 is 47.5. The zero-order valence-corrected chi connectivity index (χ0v) is 13.2. The van der Waals surface area contributed by atoms with Crippen LogP contribution in [0.4, 0.5) is 25.0 Å². The Balaban J connectivity index is 1.73. The second-order valence-electron chi connectivity index (χ2n) is 5.03. The number of esters is 1. The largest absolute Gasteiger partial charge is 0.464 e. The number of nitrogens with zero attached hydrogens (tertiary/aromatic N) is 3. The first kappa shape index (κ1) is 17.4. The van der Waals surface area contributed by atoms with E-state index in [9.17, 15) is 18.0 Å². The van der Waals surface area contributed by atoms with Crippen LogP contribution >= 0.6 is 0 Å². The van der Waals surface area contributed by atoms with Crippen LogP contribution in [0.15, 0.2) is 47.1 Å². The Morgan fingerprint density at radius 1 is 1.12 bits per heavy atom. The highest BCUT2D eigenvalue weighted by Crippen LogP contribution is 2.31. The van der Waals surface area contributed by atoms with Gasteiger partial charge in [-0.1, -0.05) is 12.1 Å². The molecule has 2 aromatic heterocycles. The van der Waals surface area contributed by atoms with Crippen molar-refractivity contribution in [1.82, 2.24) is 15.2 Å². The highest BCUT2D eigenvalue weighted by Gasteiger charge is 2.30. The number of carbonyl (C=O) groups is 1. The predicted octanol–water partition coefficient (Wildman–Crippen LogP) is 3.68. The fourth-order valence-corrected chi connectivity index (χ4v) is 2.02. The van der Waals surface area contributed by atoms with Gasteiger partial charge in [-0.2, -0.15) is 18.2 Å². The number of rotatable bonds is 4. The molecule has 0 aliphatic carbocycles. The van der Waals surface area contributed by atoms with Crippen LogP contribution in [0.25, 0.3) is 11.3 Å². The van der Waals surface area contributed by atoms with Crippen molar-refractivity contribution in [3.8, 4) is 11.3 Å². The molecule has 1 aromatic carbocycles. The van der Waals surface area contributed by atoms with Crippen LogP contribution in [0.2, 0.25) is 0 Å². The maximum Gasteiger partial charge on any atom is 0.416 e. The van der Waals surface area contributed by atoms with Crippen molar-refractivity contribution >= 4 is 17.8 Å². The molecule has 0 radical (unpaired) electrons. The normalized spacial score (nSPS) is 11.2. The van der Waals surface area contributed by atoms with Crippen LogP contribution in [-0.4, -0.2) is 28.3 Å². The van der Waals surface area contributed by atoms with E-state index in [1.165, 1.54) is 37.6 Å². The van der Waals surface area contributed by atoms with E-state index in [2.05, 4.69) is 25.2 Å². The third kappa shape index (κ3) is 3.79. The molecule has 10 heteroatoms. The minimum atomic E-state index is -4.40. The first-order chi connectivity index (χ1) is 12.4. The number of methoxy groups -OCH3 is 1. The molecule has 1 N–H and O–H groups in total. The molecular formula is C16H11F3N4O3. The molecular weight excluding hydrogens is 353 g/mol. The van der Waals surface area contributed by atoms with E-state index in [0.29, 0.717) is 11.3 Å². The van der Waals surface area contributed by atoms with Crippen molar-refractivity contribution in [2.45, 2.75) is 6.18 Å². The van der Waals surface area contributed by atoms with Gasteiger partial charge in [0.2, 0.25) is 0 Å². The summed E-state index contributed by atoms with van der Waals surface area (Å²) in [5, 5.41) is 10.2. The average molecular weight is 364 g/mol. The molecule has 26 heavy (non-hydrogen) atoms. The van der Waals surface area contributed by atoms with Gasteiger partial charge < -0.3 is 9.15 Å². The van der Waals surface area contributed by atoms with Gasteiger partial charge >= 0.3 is 18.2 Å². The van der Waals surface area contributed by atoms with E-state index in [1.54, 1.807) is 0 Å². The van der Waals surface area contributed by atoms with Gasteiger partial charge in [0.1, 0.15) is 12.0 Å². The van der Waals surface area contributed by atoms with Gasteiger partial charge in [0.25, 0.3) is 0 Å². The molecule has 3 aromatic rings. The minimum Gasteiger partial charge on any atom is -0.464 e. The van der Waals surface area contributed by atoms with Gasteiger partial charge in [-0.3, -0.25) is 5.32 Å². The Labute approximate surface area is 144 Å². The van der Waals surface area contributed by atoms with Crippen LogP contribution in [-0.2, 0) is 10.9 Å². The van der Waals surface area contributed by atoms with E-state index in [0.717, 1.165) is 12.1 Å². The summed E-state index contributed by atoms with van der Waals surface area (Å²) in [7, 11) is 1.23. The van der Waals surface area contributed by atoms with Crippen molar-refractivity contribution < 1.29 is 27.1 Å². The summed E-state index contributed by atoms with van der Waals surface area (Å²) in [6.07, 6.45) is -3.11. The van der Waals surface area contributed by atoms with Crippen molar-refractivity contribution in [3.05, 3.63) is 53.9 Å². The number of nitrogens with one attached hydrogen (secondary N) is 1. The smallest absolute Gasteiger partial charge is 0.416 e. The first-order valence-electron chi connectivity index (χ1n) is 7.19. The van der Waals surface area contributed by atoms with Crippen molar-refractivity contribution in [1.29, 1.82) is 0 Å². The van der Waals surface area contributed by atoms with Gasteiger partial charge in [-0.05, 0) is 24.3 Å². The second kappa shape index (κ2) is 6.82. The van der Waals surface area contributed by atoms with Gasteiger partial charge in [0.05, 0.1) is 12.7 Å². The number of hydrogen-bond donors (Lipinski definition) is 1. The Morgan fingerprint density at radius 2 is 1.85 bits per heavy atom. The molecule has 0 bridgehead atoms. The maximum atomic E-state index is 12.6. The molecule has 0 unspecified atom stereocenters. The summed E-state index contributed by atoms with van der Waals surface area (Å²) in [5.74, 6) is -0.358. The predicted molar refractivity (Wildman–Crippen MR) is 83.6 cm³/mol. The summed E-state index contributed by atoms with van der Waals surface area (Å²) in [6.45, 7) is 0. The lowest BCUT2D eigenvalue weighted by Crippen LogP contribution is -2.06. The molecule has 0 atom stereocenters. The van der Waals surface area contributed by atoms with E-state index >= 15 is 0 Å². The fourth-order valence-electron chi connectivity index (χ4n) is 2.02. The Morgan fingerprint density at radius 3 is 2.42 bits per heavy atom. The molecule has 0 saturated heterocycles. The number of aromatic nitrogens is 3. The summed E-state index contributed by atoms with van der Waals surface area (Å²) in [4.78, 5) is 15.4. The van der Waals surface area contributed by atoms with Crippen LogP contribution in [0.5, 0.6) is 0 Å². The SMILES string of the molecule is COC(=O)c1ccc(Nc2nc(-c3ccc(C(F)(F)F)cc3)co2)nn1. The number of anilines is 2. The lowest BCUT2D eigenvalue weighted by Gasteiger charge is -2.06. The Kier molecular flexibility index (Phi) is 4.57. The molecule has 2 heterocycles. The monoisotopic (exact) mass is 364 g/mol. The summed E-state index contributed by atoms with van der Waals surface area (Å²) >= 11 is 0. The molecule has 0 aliphatic rings. The quantitative estimate of drug-likeness (QED) is 0.706. The van der Waals surface area contributed by atoms with Crippen molar-refractivity contribution in [3.63, 3.8) is 0 Å². The zero-order chi connectivity index (χ0) is 18.7. The lowest BCUT2D eigenvalue weighted by molar-refractivity contribution is -0.137. The fraction of sp³-hybridized carbons (Fsp3) is 0.125. The van der Waals surface area contributed by atoms with Crippen LogP contribution in [0, 0.1) is 0 Å². The van der Waals surface area contributed by atoms with Crippen LogP contribution < -0.4 is 5.32 Å². The standard InChI is InChI=1S/C16H11F3N4O3/c1-25-14(24)11-6-7-13(23-22-11)21-15-20-12(8-26-15)9-2-4-10(5-3-9)16(17,18)19/h2-8H,1H3,(H,20,21,23). The Bertz CT molecular complexity index is 906. The first-order valence-corrected chi connectivity index (χ1v) is 7.19. The molecule has 0 fully saturated rings. The third-order valence-electron chi connectivity index (χ3n) is 3.31. The van der Waals surface area contributed by atoms with E-state index in [-0.39, 0.29) is 17.5 Å². The number of ether oxygens (including phenoxy) is 1. The molecule has 0 spiro atoms. The summed E-state index contributed by atoms with van der Waals surface area (Å²) in [6, 6.07) is 7.48.